The van der Waals surface area contributed by atoms with Gasteiger partial charge in [-0.05, 0) is 57.9 Å². The summed E-state index contributed by atoms with van der Waals surface area (Å²) < 4.78 is 0. The van der Waals surface area contributed by atoms with Crippen LogP contribution in [0.4, 0.5) is 0 Å². The maximum atomic E-state index is 12.3. The number of rotatable bonds is 4. The van der Waals surface area contributed by atoms with Gasteiger partial charge < -0.3 is 10.4 Å². The van der Waals surface area contributed by atoms with Crippen LogP contribution in [0.15, 0.2) is 24.3 Å². The third-order valence-corrected chi connectivity index (χ3v) is 3.58. The molecule has 0 radical (unpaired) electrons. The van der Waals surface area contributed by atoms with E-state index in [0.29, 0.717) is 17.7 Å². The van der Waals surface area contributed by atoms with Gasteiger partial charge >= 0.3 is 0 Å². The average molecular weight is 325 g/mol. The molecule has 0 aliphatic carbocycles. The SMILES string of the molecule is Cc1n[nH]c(C)c1CCNC(=O)c1cccc(C#CC(C)(C)O)c1. The molecule has 1 aromatic carbocycles. The van der Waals surface area contributed by atoms with Crippen molar-refractivity contribution in [2.24, 2.45) is 0 Å². The van der Waals surface area contributed by atoms with Crippen LogP contribution in [0.2, 0.25) is 0 Å². The first-order valence-electron chi connectivity index (χ1n) is 7.90. The highest BCUT2D eigenvalue weighted by molar-refractivity contribution is 5.94. The minimum Gasteiger partial charge on any atom is -0.378 e. The molecular weight excluding hydrogens is 302 g/mol. The van der Waals surface area contributed by atoms with Gasteiger partial charge in [0.1, 0.15) is 5.60 Å². The highest BCUT2D eigenvalue weighted by Gasteiger charge is 2.09. The summed E-state index contributed by atoms with van der Waals surface area (Å²) in [7, 11) is 0. The van der Waals surface area contributed by atoms with Crippen molar-refractivity contribution in [3.8, 4) is 11.8 Å². The molecule has 0 unspecified atom stereocenters. The van der Waals surface area contributed by atoms with Gasteiger partial charge in [-0.1, -0.05) is 17.9 Å². The fourth-order valence-electron chi connectivity index (χ4n) is 2.31. The summed E-state index contributed by atoms with van der Waals surface area (Å²) in [5.74, 6) is 5.48. The van der Waals surface area contributed by atoms with Gasteiger partial charge in [0, 0.05) is 23.4 Å². The summed E-state index contributed by atoms with van der Waals surface area (Å²) in [6.45, 7) is 7.71. The highest BCUT2D eigenvalue weighted by Crippen LogP contribution is 2.10. The number of nitrogens with zero attached hydrogens (tertiary/aromatic N) is 1. The van der Waals surface area contributed by atoms with Crippen LogP contribution in [-0.4, -0.2) is 33.4 Å². The highest BCUT2D eigenvalue weighted by atomic mass is 16.3. The fraction of sp³-hybridized carbons (Fsp3) is 0.368. The number of hydrogen-bond acceptors (Lipinski definition) is 3. The Morgan fingerprint density at radius 2 is 2.12 bits per heavy atom. The first-order valence-corrected chi connectivity index (χ1v) is 7.90. The molecule has 0 bridgehead atoms. The quantitative estimate of drug-likeness (QED) is 0.754. The number of amides is 1. The molecule has 24 heavy (non-hydrogen) atoms. The number of aromatic nitrogens is 2. The van der Waals surface area contributed by atoms with Gasteiger partial charge in [0.25, 0.3) is 5.91 Å². The van der Waals surface area contributed by atoms with Gasteiger partial charge in [0.2, 0.25) is 0 Å². The predicted molar refractivity (Wildman–Crippen MR) is 93.7 cm³/mol. The summed E-state index contributed by atoms with van der Waals surface area (Å²) in [6, 6.07) is 7.07. The molecule has 5 nitrogen and oxygen atoms in total. The Balaban J connectivity index is 1.98. The summed E-state index contributed by atoms with van der Waals surface area (Å²) in [5, 5.41) is 19.7. The van der Waals surface area contributed by atoms with E-state index in [1.807, 2.05) is 19.9 Å². The maximum Gasteiger partial charge on any atom is 0.251 e. The van der Waals surface area contributed by atoms with Crippen LogP contribution in [0.3, 0.4) is 0 Å². The number of carbonyl (C=O) groups excluding carboxylic acids is 1. The second kappa shape index (κ2) is 7.33. The van der Waals surface area contributed by atoms with E-state index in [-0.39, 0.29) is 5.91 Å². The van der Waals surface area contributed by atoms with Crippen molar-refractivity contribution in [3.05, 3.63) is 52.3 Å². The van der Waals surface area contributed by atoms with Gasteiger partial charge in [-0.3, -0.25) is 9.89 Å². The molecule has 2 rings (SSSR count). The van der Waals surface area contributed by atoms with Crippen molar-refractivity contribution >= 4 is 5.91 Å². The average Bonchev–Trinajstić information content (AvgIpc) is 2.84. The zero-order valence-electron chi connectivity index (χ0n) is 14.5. The molecule has 1 aromatic heterocycles. The lowest BCUT2D eigenvalue weighted by Crippen LogP contribution is -2.26. The van der Waals surface area contributed by atoms with E-state index in [1.165, 1.54) is 0 Å². The zero-order chi connectivity index (χ0) is 17.7. The molecule has 2 aromatic rings. The largest absolute Gasteiger partial charge is 0.378 e. The second-order valence-electron chi connectivity index (χ2n) is 6.31. The summed E-state index contributed by atoms with van der Waals surface area (Å²) in [6.07, 6.45) is 0.734. The topological polar surface area (TPSA) is 78.0 Å². The van der Waals surface area contributed by atoms with E-state index >= 15 is 0 Å². The molecule has 0 aliphatic heterocycles. The van der Waals surface area contributed by atoms with E-state index in [1.54, 1.807) is 32.0 Å². The van der Waals surface area contributed by atoms with Crippen LogP contribution in [0.25, 0.3) is 0 Å². The smallest absolute Gasteiger partial charge is 0.251 e. The zero-order valence-corrected chi connectivity index (χ0v) is 14.5. The lowest BCUT2D eigenvalue weighted by atomic mass is 10.1. The van der Waals surface area contributed by atoms with Crippen LogP contribution in [0.5, 0.6) is 0 Å². The standard InChI is InChI=1S/C19H23N3O2/c1-13-17(14(2)22-21-13)9-11-20-18(23)16-7-5-6-15(12-16)8-10-19(3,4)24/h5-7,12,24H,9,11H2,1-4H3,(H,20,23)(H,21,22). The van der Waals surface area contributed by atoms with Gasteiger partial charge in [-0.2, -0.15) is 5.10 Å². The summed E-state index contributed by atoms with van der Waals surface area (Å²) in [5.41, 5.74) is 3.33. The van der Waals surface area contributed by atoms with Crippen LogP contribution in [-0.2, 0) is 6.42 Å². The summed E-state index contributed by atoms with van der Waals surface area (Å²) in [4.78, 5) is 12.3. The van der Waals surface area contributed by atoms with E-state index < -0.39 is 5.60 Å². The van der Waals surface area contributed by atoms with Crippen molar-refractivity contribution in [1.82, 2.24) is 15.5 Å². The lowest BCUT2D eigenvalue weighted by molar-refractivity contribution is 0.0954. The number of nitrogens with one attached hydrogen (secondary N) is 2. The Kier molecular flexibility index (Phi) is 5.42. The summed E-state index contributed by atoms with van der Waals surface area (Å²) >= 11 is 0. The normalized spacial score (nSPS) is 10.9. The molecule has 0 aliphatic rings. The molecule has 5 heteroatoms. The molecule has 0 saturated carbocycles. The van der Waals surface area contributed by atoms with Crippen molar-refractivity contribution in [2.75, 3.05) is 6.54 Å². The lowest BCUT2D eigenvalue weighted by Gasteiger charge is -2.07. The molecule has 1 amide bonds. The Hall–Kier alpha value is -2.58. The van der Waals surface area contributed by atoms with Gasteiger partial charge in [0.15, 0.2) is 0 Å². The first-order chi connectivity index (χ1) is 11.3. The van der Waals surface area contributed by atoms with E-state index in [2.05, 4.69) is 27.4 Å². The molecule has 1 heterocycles. The Labute approximate surface area is 142 Å². The van der Waals surface area contributed by atoms with Gasteiger partial charge in [0.05, 0.1) is 5.69 Å². The Morgan fingerprint density at radius 3 is 2.75 bits per heavy atom. The number of aryl methyl sites for hydroxylation is 2. The predicted octanol–water partition coefficient (Wildman–Crippen LogP) is 2.12. The molecule has 126 valence electrons. The van der Waals surface area contributed by atoms with Crippen molar-refractivity contribution in [2.45, 2.75) is 39.7 Å². The van der Waals surface area contributed by atoms with Crippen LogP contribution in [0.1, 0.15) is 46.7 Å². The van der Waals surface area contributed by atoms with Crippen molar-refractivity contribution in [3.63, 3.8) is 0 Å². The third kappa shape index (κ3) is 4.97. The number of carbonyl (C=O) groups is 1. The van der Waals surface area contributed by atoms with Gasteiger partial charge in [-0.15, -0.1) is 0 Å². The number of aliphatic hydroxyl groups is 1. The number of benzene rings is 1. The molecule has 0 saturated heterocycles. The molecular formula is C19H23N3O2. The Morgan fingerprint density at radius 1 is 1.38 bits per heavy atom. The minimum absolute atomic E-state index is 0.138. The van der Waals surface area contributed by atoms with E-state index in [0.717, 1.165) is 23.4 Å². The van der Waals surface area contributed by atoms with E-state index in [9.17, 15) is 9.90 Å². The van der Waals surface area contributed by atoms with E-state index in [4.69, 9.17) is 0 Å². The maximum absolute atomic E-state index is 12.3. The number of H-pyrrole nitrogens is 1. The second-order valence-corrected chi connectivity index (χ2v) is 6.31. The third-order valence-electron chi connectivity index (χ3n) is 3.58. The Bertz CT molecular complexity index is 769. The van der Waals surface area contributed by atoms with Crippen molar-refractivity contribution < 1.29 is 9.90 Å². The number of aromatic amines is 1. The van der Waals surface area contributed by atoms with Crippen LogP contribution < -0.4 is 5.32 Å². The van der Waals surface area contributed by atoms with Crippen LogP contribution in [0, 0.1) is 25.7 Å². The van der Waals surface area contributed by atoms with Crippen molar-refractivity contribution in [1.29, 1.82) is 0 Å². The van der Waals surface area contributed by atoms with Crippen LogP contribution >= 0.6 is 0 Å². The monoisotopic (exact) mass is 325 g/mol. The minimum atomic E-state index is -1.06. The number of hydrogen-bond donors (Lipinski definition) is 3. The fourth-order valence-corrected chi connectivity index (χ4v) is 2.31. The molecule has 0 fully saturated rings. The molecule has 0 spiro atoms. The van der Waals surface area contributed by atoms with Gasteiger partial charge in [-0.25, -0.2) is 0 Å². The first kappa shape index (κ1) is 17.8. The molecule has 0 atom stereocenters. The molecule has 3 N–H and O–H groups in total.